The second-order valence-corrected chi connectivity index (χ2v) is 5.91. The van der Waals surface area contributed by atoms with Gasteiger partial charge in [0.15, 0.2) is 0 Å². The molecular formula is C15H26N4. The third kappa shape index (κ3) is 3.58. The Morgan fingerprint density at radius 1 is 1.32 bits per heavy atom. The molecular weight excluding hydrogens is 236 g/mol. The number of aryl methyl sites for hydroxylation is 1. The Kier molecular flexibility index (Phi) is 4.61. The highest BCUT2D eigenvalue weighted by Gasteiger charge is 2.24. The lowest BCUT2D eigenvalue weighted by molar-refractivity contribution is 0.530. The predicted octanol–water partition coefficient (Wildman–Crippen LogP) is 3.03. The van der Waals surface area contributed by atoms with Crippen LogP contribution in [-0.4, -0.2) is 22.6 Å². The van der Waals surface area contributed by atoms with Gasteiger partial charge in [0.1, 0.15) is 17.5 Å². The Labute approximate surface area is 116 Å². The number of anilines is 2. The van der Waals surface area contributed by atoms with E-state index in [-0.39, 0.29) is 0 Å². The molecule has 4 nitrogen and oxygen atoms in total. The monoisotopic (exact) mass is 262 g/mol. The van der Waals surface area contributed by atoms with Crippen LogP contribution in [0.2, 0.25) is 0 Å². The summed E-state index contributed by atoms with van der Waals surface area (Å²) in [5.41, 5.74) is 5.92. The normalized spacial score (nSPS) is 16.2. The number of hydrogen-bond acceptors (Lipinski definition) is 4. The predicted molar refractivity (Wildman–Crippen MR) is 80.3 cm³/mol. The first-order chi connectivity index (χ1) is 9.10. The topological polar surface area (TPSA) is 55.0 Å². The molecule has 1 aliphatic rings. The van der Waals surface area contributed by atoms with Crippen LogP contribution in [-0.2, 0) is 6.42 Å². The smallest absolute Gasteiger partial charge is 0.134 e. The van der Waals surface area contributed by atoms with E-state index in [0.29, 0.717) is 17.8 Å². The molecule has 0 aromatic carbocycles. The van der Waals surface area contributed by atoms with Gasteiger partial charge in [0.25, 0.3) is 0 Å². The van der Waals surface area contributed by atoms with Crippen molar-refractivity contribution in [2.45, 2.75) is 58.9 Å². The molecule has 1 aliphatic carbocycles. The van der Waals surface area contributed by atoms with E-state index in [4.69, 9.17) is 5.73 Å². The van der Waals surface area contributed by atoms with Crippen LogP contribution in [0.3, 0.4) is 0 Å². The van der Waals surface area contributed by atoms with Gasteiger partial charge in [-0.2, -0.15) is 0 Å². The number of hydrogen-bond donors (Lipinski definition) is 1. The molecule has 0 saturated heterocycles. The molecule has 2 N–H and O–H groups in total. The molecule has 1 aromatic rings. The van der Waals surface area contributed by atoms with Crippen LogP contribution in [0.25, 0.3) is 0 Å². The molecule has 1 saturated carbocycles. The number of nitrogens with zero attached hydrogens (tertiary/aromatic N) is 3. The Hall–Kier alpha value is -1.32. The molecule has 19 heavy (non-hydrogen) atoms. The highest BCUT2D eigenvalue weighted by atomic mass is 15.2. The zero-order valence-electron chi connectivity index (χ0n) is 12.4. The summed E-state index contributed by atoms with van der Waals surface area (Å²) in [6.07, 6.45) is 6.05. The third-order valence-electron chi connectivity index (χ3n) is 3.72. The van der Waals surface area contributed by atoms with Gasteiger partial charge in [0.05, 0.1) is 0 Å². The van der Waals surface area contributed by atoms with Crippen LogP contribution < -0.4 is 10.6 Å². The van der Waals surface area contributed by atoms with Gasteiger partial charge in [-0.15, -0.1) is 0 Å². The van der Waals surface area contributed by atoms with Crippen LogP contribution in [0.1, 0.15) is 52.3 Å². The highest BCUT2D eigenvalue weighted by Crippen LogP contribution is 2.28. The van der Waals surface area contributed by atoms with Crippen LogP contribution in [0.15, 0.2) is 6.07 Å². The van der Waals surface area contributed by atoms with Gasteiger partial charge in [0.2, 0.25) is 0 Å². The van der Waals surface area contributed by atoms with E-state index >= 15 is 0 Å². The van der Waals surface area contributed by atoms with E-state index in [1.54, 1.807) is 0 Å². The molecule has 0 atom stereocenters. The Morgan fingerprint density at radius 3 is 2.58 bits per heavy atom. The average molecular weight is 262 g/mol. The summed E-state index contributed by atoms with van der Waals surface area (Å²) in [6, 6.07) is 2.56. The summed E-state index contributed by atoms with van der Waals surface area (Å²) in [5.74, 6) is 3.09. The summed E-state index contributed by atoms with van der Waals surface area (Å²) in [6.45, 7) is 7.63. The fourth-order valence-corrected chi connectivity index (χ4v) is 2.85. The molecule has 106 valence electrons. The quantitative estimate of drug-likeness (QED) is 0.886. The lowest BCUT2D eigenvalue weighted by atomic mass is 10.1. The number of rotatable bonds is 5. The maximum Gasteiger partial charge on any atom is 0.134 e. The molecule has 0 amide bonds. The molecule has 2 rings (SSSR count). The summed E-state index contributed by atoms with van der Waals surface area (Å²) in [4.78, 5) is 11.4. The first-order valence-electron chi connectivity index (χ1n) is 7.50. The van der Waals surface area contributed by atoms with Crippen molar-refractivity contribution >= 4 is 11.6 Å². The van der Waals surface area contributed by atoms with Crippen molar-refractivity contribution in [1.82, 2.24) is 9.97 Å². The molecule has 4 heteroatoms. The highest BCUT2D eigenvalue weighted by molar-refractivity contribution is 5.48. The number of nitrogen functional groups attached to an aromatic ring is 1. The van der Waals surface area contributed by atoms with E-state index in [9.17, 15) is 0 Å². The number of aromatic nitrogens is 2. The fourth-order valence-electron chi connectivity index (χ4n) is 2.85. The van der Waals surface area contributed by atoms with Gasteiger partial charge < -0.3 is 10.6 Å². The Morgan fingerprint density at radius 2 is 2.00 bits per heavy atom. The molecule has 0 bridgehead atoms. The third-order valence-corrected chi connectivity index (χ3v) is 3.72. The van der Waals surface area contributed by atoms with Crippen molar-refractivity contribution in [2.24, 2.45) is 5.92 Å². The van der Waals surface area contributed by atoms with Crippen LogP contribution in [0, 0.1) is 5.92 Å². The van der Waals surface area contributed by atoms with E-state index in [2.05, 4.69) is 35.6 Å². The Balaban J connectivity index is 2.28. The molecule has 1 heterocycles. The van der Waals surface area contributed by atoms with Gasteiger partial charge in [-0.3, -0.25) is 0 Å². The maximum absolute atomic E-state index is 5.92. The van der Waals surface area contributed by atoms with Crippen LogP contribution in [0.5, 0.6) is 0 Å². The minimum atomic E-state index is 0.591. The van der Waals surface area contributed by atoms with E-state index in [0.717, 1.165) is 24.6 Å². The zero-order chi connectivity index (χ0) is 13.8. The first kappa shape index (κ1) is 14.1. The maximum atomic E-state index is 5.92. The summed E-state index contributed by atoms with van der Waals surface area (Å²) >= 11 is 0. The van der Waals surface area contributed by atoms with Crippen molar-refractivity contribution in [3.8, 4) is 0 Å². The van der Waals surface area contributed by atoms with E-state index in [1.165, 1.54) is 25.7 Å². The lowest BCUT2D eigenvalue weighted by Crippen LogP contribution is -2.37. The standard InChI is InChI=1S/C15H26N4/c1-4-14-17-13(16)9-15(18-14)19(10-11(2)3)12-7-5-6-8-12/h9,11-12H,4-8,10H2,1-3H3,(H2,16,17,18). The molecule has 0 radical (unpaired) electrons. The van der Waals surface area contributed by atoms with Crippen molar-refractivity contribution in [3.05, 3.63) is 11.9 Å². The molecule has 1 fully saturated rings. The molecule has 1 aromatic heterocycles. The van der Waals surface area contributed by atoms with Crippen LogP contribution >= 0.6 is 0 Å². The minimum Gasteiger partial charge on any atom is -0.384 e. The average Bonchev–Trinajstić information content (AvgIpc) is 2.88. The van der Waals surface area contributed by atoms with Gasteiger partial charge >= 0.3 is 0 Å². The van der Waals surface area contributed by atoms with Gasteiger partial charge in [-0.1, -0.05) is 33.6 Å². The fraction of sp³-hybridized carbons (Fsp3) is 0.733. The molecule has 0 aliphatic heterocycles. The lowest BCUT2D eigenvalue weighted by Gasteiger charge is -2.32. The van der Waals surface area contributed by atoms with E-state index in [1.807, 2.05) is 6.07 Å². The summed E-state index contributed by atoms with van der Waals surface area (Å²) in [5, 5.41) is 0. The van der Waals surface area contributed by atoms with Gasteiger partial charge in [-0.25, -0.2) is 9.97 Å². The molecule has 0 spiro atoms. The van der Waals surface area contributed by atoms with Gasteiger partial charge in [0, 0.05) is 25.1 Å². The summed E-state index contributed by atoms with van der Waals surface area (Å²) < 4.78 is 0. The van der Waals surface area contributed by atoms with Crippen molar-refractivity contribution in [3.63, 3.8) is 0 Å². The second-order valence-electron chi connectivity index (χ2n) is 5.91. The molecule has 0 unspecified atom stereocenters. The van der Waals surface area contributed by atoms with Crippen molar-refractivity contribution in [1.29, 1.82) is 0 Å². The van der Waals surface area contributed by atoms with Crippen molar-refractivity contribution in [2.75, 3.05) is 17.2 Å². The minimum absolute atomic E-state index is 0.591. The number of nitrogens with two attached hydrogens (primary N) is 1. The van der Waals surface area contributed by atoms with Gasteiger partial charge in [-0.05, 0) is 18.8 Å². The van der Waals surface area contributed by atoms with Crippen LogP contribution in [0.4, 0.5) is 11.6 Å². The largest absolute Gasteiger partial charge is 0.384 e. The zero-order valence-corrected chi connectivity index (χ0v) is 12.4. The van der Waals surface area contributed by atoms with Crippen molar-refractivity contribution < 1.29 is 0 Å². The van der Waals surface area contributed by atoms with E-state index < -0.39 is 0 Å². The SMILES string of the molecule is CCc1nc(N)cc(N(CC(C)C)C2CCCC2)n1. The summed E-state index contributed by atoms with van der Waals surface area (Å²) in [7, 11) is 0. The Bertz CT molecular complexity index is 411. The second kappa shape index (κ2) is 6.22. The first-order valence-corrected chi connectivity index (χ1v) is 7.50.